The number of anilines is 3. The Balaban J connectivity index is 1.12. The van der Waals surface area contributed by atoms with Gasteiger partial charge in [-0.15, -0.1) is 0 Å². The molecular formula is C25H32N8O3. The predicted octanol–water partition coefficient (Wildman–Crippen LogP) is 3.61. The molecule has 2 atom stereocenters. The Bertz CT molecular complexity index is 1190. The third-order valence-electron chi connectivity index (χ3n) is 7.62. The minimum Gasteiger partial charge on any atom is -0.474 e. The SMILES string of the molecule is Cc1nc(N2CNC=N2)ccc1Nc1ncnc(OC2CC3CCC(C2)N3C(=O)OC2(C)CC2)c1C. The number of fused-ring (bicyclic) bond motifs is 2. The Morgan fingerprint density at radius 3 is 2.61 bits per heavy atom. The Morgan fingerprint density at radius 1 is 1.17 bits per heavy atom. The molecule has 2 N–H and O–H groups in total. The van der Waals surface area contributed by atoms with Gasteiger partial charge in [-0.25, -0.2) is 24.8 Å². The molecule has 11 heteroatoms. The van der Waals surface area contributed by atoms with Crippen molar-refractivity contribution in [2.24, 2.45) is 5.10 Å². The zero-order chi connectivity index (χ0) is 24.9. The van der Waals surface area contributed by atoms with Crippen molar-refractivity contribution in [2.75, 3.05) is 17.0 Å². The molecule has 6 rings (SSSR count). The number of rotatable bonds is 6. The summed E-state index contributed by atoms with van der Waals surface area (Å²) >= 11 is 0. The van der Waals surface area contributed by atoms with E-state index in [9.17, 15) is 4.79 Å². The van der Waals surface area contributed by atoms with Crippen molar-refractivity contribution in [1.29, 1.82) is 0 Å². The average Bonchev–Trinajstić information content (AvgIpc) is 3.23. The van der Waals surface area contributed by atoms with Gasteiger partial charge in [0.05, 0.1) is 16.9 Å². The van der Waals surface area contributed by atoms with Gasteiger partial charge >= 0.3 is 6.09 Å². The number of carbonyl (C=O) groups is 1. The molecule has 4 aliphatic rings. The van der Waals surface area contributed by atoms with Crippen molar-refractivity contribution in [3.8, 4) is 5.88 Å². The highest BCUT2D eigenvalue weighted by molar-refractivity contribution is 5.70. The molecular weight excluding hydrogens is 460 g/mol. The molecule has 2 saturated heterocycles. The number of hydrogen-bond donors (Lipinski definition) is 2. The Morgan fingerprint density at radius 2 is 1.94 bits per heavy atom. The number of carbonyl (C=O) groups excluding carboxylic acids is 1. The summed E-state index contributed by atoms with van der Waals surface area (Å²) in [5, 5.41) is 12.5. The number of hydrogen-bond acceptors (Lipinski definition) is 10. The first-order chi connectivity index (χ1) is 17.4. The molecule has 5 heterocycles. The van der Waals surface area contributed by atoms with Crippen LogP contribution in [0, 0.1) is 13.8 Å². The van der Waals surface area contributed by atoms with Crippen molar-refractivity contribution in [3.05, 3.63) is 29.7 Å². The molecule has 1 amide bonds. The number of piperidine rings is 1. The molecule has 2 aromatic rings. The van der Waals surface area contributed by atoms with Gasteiger partial charge in [0.1, 0.15) is 36.9 Å². The maximum atomic E-state index is 12.8. The lowest BCUT2D eigenvalue weighted by Gasteiger charge is -2.38. The topological polar surface area (TPSA) is 117 Å². The van der Waals surface area contributed by atoms with Gasteiger partial charge in [-0.3, -0.25) is 0 Å². The van der Waals surface area contributed by atoms with Gasteiger partial charge in [-0.2, -0.15) is 5.10 Å². The smallest absolute Gasteiger partial charge is 0.410 e. The molecule has 2 bridgehead atoms. The second-order valence-electron chi connectivity index (χ2n) is 10.4. The van der Waals surface area contributed by atoms with Crippen LogP contribution in [0.3, 0.4) is 0 Å². The van der Waals surface area contributed by atoms with Gasteiger partial charge in [-0.1, -0.05) is 0 Å². The van der Waals surface area contributed by atoms with Crippen LogP contribution in [0.15, 0.2) is 23.6 Å². The number of aromatic nitrogens is 3. The number of pyridine rings is 1. The number of amides is 1. The van der Waals surface area contributed by atoms with Gasteiger partial charge in [0.15, 0.2) is 5.82 Å². The van der Waals surface area contributed by atoms with Crippen LogP contribution in [0.25, 0.3) is 0 Å². The summed E-state index contributed by atoms with van der Waals surface area (Å²) in [6.45, 7) is 6.52. The average molecular weight is 493 g/mol. The van der Waals surface area contributed by atoms with Crippen LogP contribution in [0.2, 0.25) is 0 Å². The van der Waals surface area contributed by atoms with Crippen molar-refractivity contribution < 1.29 is 14.3 Å². The van der Waals surface area contributed by atoms with Crippen LogP contribution in [-0.2, 0) is 4.74 Å². The zero-order valence-corrected chi connectivity index (χ0v) is 20.9. The molecule has 11 nitrogen and oxygen atoms in total. The second-order valence-corrected chi connectivity index (χ2v) is 10.4. The lowest BCUT2D eigenvalue weighted by molar-refractivity contribution is 0.0115. The first kappa shape index (κ1) is 22.8. The quantitative estimate of drug-likeness (QED) is 0.624. The van der Waals surface area contributed by atoms with Crippen molar-refractivity contribution in [2.45, 2.75) is 83.1 Å². The predicted molar refractivity (Wildman–Crippen MR) is 134 cm³/mol. The zero-order valence-electron chi connectivity index (χ0n) is 20.9. The van der Waals surface area contributed by atoms with Crippen LogP contribution in [-0.4, -0.2) is 62.7 Å². The summed E-state index contributed by atoms with van der Waals surface area (Å²) < 4.78 is 12.1. The number of ether oxygens (including phenoxy) is 2. The lowest BCUT2D eigenvalue weighted by atomic mass is 10.0. The van der Waals surface area contributed by atoms with E-state index >= 15 is 0 Å². The highest BCUT2D eigenvalue weighted by Crippen LogP contribution is 2.43. The summed E-state index contributed by atoms with van der Waals surface area (Å²) in [5.74, 6) is 2.03. The van der Waals surface area contributed by atoms with E-state index < -0.39 is 0 Å². The van der Waals surface area contributed by atoms with E-state index in [0.717, 1.165) is 61.3 Å². The van der Waals surface area contributed by atoms with Crippen LogP contribution >= 0.6 is 0 Å². The van der Waals surface area contributed by atoms with Gasteiger partial charge in [0.25, 0.3) is 0 Å². The molecule has 36 heavy (non-hydrogen) atoms. The molecule has 3 fully saturated rings. The number of aryl methyl sites for hydroxylation is 1. The molecule has 190 valence electrons. The summed E-state index contributed by atoms with van der Waals surface area (Å²) in [6, 6.07) is 4.21. The van der Waals surface area contributed by atoms with Gasteiger partial charge in [0, 0.05) is 24.9 Å². The molecule has 1 aliphatic carbocycles. The van der Waals surface area contributed by atoms with Crippen LogP contribution in [0.5, 0.6) is 5.88 Å². The van der Waals surface area contributed by atoms with Crippen molar-refractivity contribution in [1.82, 2.24) is 25.2 Å². The first-order valence-corrected chi connectivity index (χ1v) is 12.7. The van der Waals surface area contributed by atoms with E-state index in [1.54, 1.807) is 11.3 Å². The van der Waals surface area contributed by atoms with Crippen LogP contribution in [0.1, 0.15) is 56.7 Å². The molecule has 2 aromatic heterocycles. The fourth-order valence-electron chi connectivity index (χ4n) is 5.27. The van der Waals surface area contributed by atoms with Gasteiger partial charge in [-0.05, 0) is 58.6 Å². The summed E-state index contributed by atoms with van der Waals surface area (Å²) in [7, 11) is 0. The molecule has 3 aliphatic heterocycles. The lowest BCUT2D eigenvalue weighted by Crippen LogP contribution is -2.50. The van der Waals surface area contributed by atoms with Crippen LogP contribution in [0.4, 0.5) is 22.1 Å². The fourth-order valence-corrected chi connectivity index (χ4v) is 5.27. The second kappa shape index (κ2) is 8.79. The minimum absolute atomic E-state index is 0.00169. The van der Waals surface area contributed by atoms with E-state index in [1.165, 1.54) is 6.33 Å². The standard InChI is InChI=1S/C25H32N8O3/c1-15-22(31-20-6-7-21(30-16(20)2)32-14-26-12-29-32)27-13-28-23(15)35-19-10-17-4-5-18(11-19)33(17)24(34)36-25(3)8-9-25/h6-7,12-13,17-19H,4-5,8-11,14H2,1-3H3,(H,26,29)(H,27,28,31). The monoisotopic (exact) mass is 492 g/mol. The number of hydrazone groups is 1. The summed E-state index contributed by atoms with van der Waals surface area (Å²) in [4.78, 5) is 28.3. The highest BCUT2D eigenvalue weighted by Gasteiger charge is 2.49. The third-order valence-corrected chi connectivity index (χ3v) is 7.62. The third kappa shape index (κ3) is 4.38. The normalized spacial score (nSPS) is 25.5. The van der Waals surface area contributed by atoms with E-state index in [2.05, 4.69) is 30.7 Å². The van der Waals surface area contributed by atoms with Crippen molar-refractivity contribution >= 4 is 29.8 Å². The van der Waals surface area contributed by atoms with Crippen LogP contribution < -0.4 is 20.4 Å². The molecule has 1 saturated carbocycles. The maximum Gasteiger partial charge on any atom is 0.410 e. The fraction of sp³-hybridized carbons (Fsp3) is 0.560. The van der Waals surface area contributed by atoms with E-state index in [0.29, 0.717) is 18.4 Å². The molecule has 0 radical (unpaired) electrons. The number of nitrogens with one attached hydrogen (secondary N) is 2. The van der Waals surface area contributed by atoms with Gasteiger partial charge < -0.3 is 25.0 Å². The first-order valence-electron chi connectivity index (χ1n) is 12.7. The molecule has 0 aromatic carbocycles. The van der Waals surface area contributed by atoms with Gasteiger partial charge in [0.2, 0.25) is 5.88 Å². The Hall–Kier alpha value is -3.63. The highest BCUT2D eigenvalue weighted by atomic mass is 16.6. The molecule has 0 spiro atoms. The Kier molecular flexibility index (Phi) is 5.57. The van der Waals surface area contributed by atoms with E-state index in [-0.39, 0.29) is 29.9 Å². The maximum absolute atomic E-state index is 12.8. The molecule has 2 unspecified atom stereocenters. The van der Waals surface area contributed by atoms with Crippen molar-refractivity contribution in [3.63, 3.8) is 0 Å². The summed E-state index contributed by atoms with van der Waals surface area (Å²) in [5.41, 5.74) is 2.28. The Labute approximate surface area is 210 Å². The summed E-state index contributed by atoms with van der Waals surface area (Å²) in [6.07, 6.45) is 8.49. The van der Waals surface area contributed by atoms with E-state index in [4.69, 9.17) is 9.47 Å². The largest absolute Gasteiger partial charge is 0.474 e. The minimum atomic E-state index is -0.251. The number of nitrogens with zero attached hydrogens (tertiary/aromatic N) is 6. The van der Waals surface area contributed by atoms with E-state index in [1.807, 2.05) is 37.8 Å².